The Morgan fingerprint density at radius 2 is 2.46 bits per heavy atom. The van der Waals surface area contributed by atoms with Crippen LogP contribution in [0.15, 0.2) is 11.6 Å². The standard InChI is InChI=1S/C11H21NO/c1-3-4-10(2)13-9-11-5-7-12-8-6-11/h5,10,12H,3-4,6-9H2,1-2H3. The number of ether oxygens (including phenoxy) is 1. The molecule has 0 bridgehead atoms. The van der Waals surface area contributed by atoms with E-state index in [1.165, 1.54) is 18.4 Å². The van der Waals surface area contributed by atoms with Crippen LogP contribution in [-0.4, -0.2) is 25.8 Å². The summed E-state index contributed by atoms with van der Waals surface area (Å²) in [6.07, 6.45) is 6.20. The zero-order chi connectivity index (χ0) is 9.52. The van der Waals surface area contributed by atoms with Crippen molar-refractivity contribution in [2.24, 2.45) is 0 Å². The van der Waals surface area contributed by atoms with Crippen molar-refractivity contribution in [1.29, 1.82) is 0 Å². The third-order valence-corrected chi connectivity index (χ3v) is 2.41. The summed E-state index contributed by atoms with van der Waals surface area (Å²) in [5.74, 6) is 0. The lowest BCUT2D eigenvalue weighted by Crippen LogP contribution is -2.23. The predicted molar refractivity (Wildman–Crippen MR) is 55.9 cm³/mol. The molecule has 1 heterocycles. The fourth-order valence-electron chi connectivity index (χ4n) is 1.54. The monoisotopic (exact) mass is 183 g/mol. The van der Waals surface area contributed by atoms with E-state index in [9.17, 15) is 0 Å². The Bertz CT molecular complexity index is 165. The number of hydrogen-bond acceptors (Lipinski definition) is 2. The van der Waals surface area contributed by atoms with E-state index in [1.807, 2.05) is 0 Å². The molecule has 0 aromatic heterocycles. The molecule has 2 nitrogen and oxygen atoms in total. The fourth-order valence-corrected chi connectivity index (χ4v) is 1.54. The second-order valence-corrected chi connectivity index (χ2v) is 3.73. The van der Waals surface area contributed by atoms with Gasteiger partial charge in [-0.1, -0.05) is 19.4 Å². The third kappa shape index (κ3) is 4.44. The van der Waals surface area contributed by atoms with Crippen LogP contribution in [0.2, 0.25) is 0 Å². The topological polar surface area (TPSA) is 21.3 Å². The summed E-state index contributed by atoms with van der Waals surface area (Å²) in [5, 5.41) is 3.30. The van der Waals surface area contributed by atoms with Gasteiger partial charge in [0.25, 0.3) is 0 Å². The van der Waals surface area contributed by atoms with E-state index >= 15 is 0 Å². The molecule has 0 aromatic carbocycles. The summed E-state index contributed by atoms with van der Waals surface area (Å²) in [7, 11) is 0. The van der Waals surface area contributed by atoms with Gasteiger partial charge in [-0.2, -0.15) is 0 Å². The van der Waals surface area contributed by atoms with Crippen molar-refractivity contribution in [1.82, 2.24) is 5.32 Å². The molecule has 1 aliphatic rings. The molecule has 0 radical (unpaired) electrons. The summed E-state index contributed by atoms with van der Waals surface area (Å²) in [6.45, 7) is 7.32. The molecule has 0 amide bonds. The van der Waals surface area contributed by atoms with Crippen molar-refractivity contribution < 1.29 is 4.74 Å². The van der Waals surface area contributed by atoms with Gasteiger partial charge in [-0.05, 0) is 31.9 Å². The molecule has 1 rings (SSSR count). The molecule has 0 saturated carbocycles. The Hall–Kier alpha value is -0.340. The predicted octanol–water partition coefficient (Wildman–Crippen LogP) is 2.11. The van der Waals surface area contributed by atoms with E-state index in [1.54, 1.807) is 0 Å². The first-order chi connectivity index (χ1) is 6.33. The Kier molecular flexibility index (Phi) is 5.09. The van der Waals surface area contributed by atoms with Gasteiger partial charge >= 0.3 is 0 Å². The van der Waals surface area contributed by atoms with Crippen molar-refractivity contribution in [3.63, 3.8) is 0 Å². The van der Waals surface area contributed by atoms with Gasteiger partial charge < -0.3 is 10.1 Å². The summed E-state index contributed by atoms with van der Waals surface area (Å²) < 4.78 is 5.73. The molecule has 76 valence electrons. The van der Waals surface area contributed by atoms with Crippen molar-refractivity contribution >= 4 is 0 Å². The van der Waals surface area contributed by atoms with E-state index < -0.39 is 0 Å². The molecule has 1 atom stereocenters. The van der Waals surface area contributed by atoms with Crippen LogP contribution in [0.5, 0.6) is 0 Å². The molecule has 0 saturated heterocycles. The summed E-state index contributed by atoms with van der Waals surface area (Å²) in [5.41, 5.74) is 1.46. The van der Waals surface area contributed by atoms with Crippen LogP contribution in [0.1, 0.15) is 33.1 Å². The van der Waals surface area contributed by atoms with Crippen LogP contribution < -0.4 is 5.32 Å². The van der Waals surface area contributed by atoms with Gasteiger partial charge in [0.15, 0.2) is 0 Å². The van der Waals surface area contributed by atoms with Gasteiger partial charge in [-0.15, -0.1) is 0 Å². The summed E-state index contributed by atoms with van der Waals surface area (Å²) in [4.78, 5) is 0. The molecular formula is C11H21NO. The first-order valence-electron chi connectivity index (χ1n) is 5.33. The third-order valence-electron chi connectivity index (χ3n) is 2.41. The zero-order valence-corrected chi connectivity index (χ0v) is 8.81. The van der Waals surface area contributed by atoms with Crippen LogP contribution in [0.4, 0.5) is 0 Å². The fraction of sp³-hybridized carbons (Fsp3) is 0.818. The highest BCUT2D eigenvalue weighted by atomic mass is 16.5. The van der Waals surface area contributed by atoms with Gasteiger partial charge in [0.05, 0.1) is 12.7 Å². The second kappa shape index (κ2) is 6.17. The highest BCUT2D eigenvalue weighted by Gasteiger charge is 2.05. The minimum absolute atomic E-state index is 0.417. The molecular weight excluding hydrogens is 162 g/mol. The van der Waals surface area contributed by atoms with Gasteiger partial charge in [-0.25, -0.2) is 0 Å². The molecule has 1 unspecified atom stereocenters. The average molecular weight is 183 g/mol. The Balaban J connectivity index is 2.13. The summed E-state index contributed by atoms with van der Waals surface area (Å²) in [6, 6.07) is 0. The lowest BCUT2D eigenvalue weighted by atomic mass is 10.1. The first-order valence-corrected chi connectivity index (χ1v) is 5.33. The molecule has 0 aromatic rings. The quantitative estimate of drug-likeness (QED) is 0.659. The Morgan fingerprint density at radius 3 is 3.08 bits per heavy atom. The average Bonchev–Trinajstić information content (AvgIpc) is 2.17. The van der Waals surface area contributed by atoms with Crippen molar-refractivity contribution in [2.75, 3.05) is 19.7 Å². The van der Waals surface area contributed by atoms with Crippen LogP contribution >= 0.6 is 0 Å². The van der Waals surface area contributed by atoms with Crippen LogP contribution in [0.25, 0.3) is 0 Å². The Morgan fingerprint density at radius 1 is 1.62 bits per heavy atom. The molecule has 0 aliphatic carbocycles. The zero-order valence-electron chi connectivity index (χ0n) is 8.81. The van der Waals surface area contributed by atoms with E-state index in [-0.39, 0.29) is 0 Å². The maximum Gasteiger partial charge on any atom is 0.0681 e. The van der Waals surface area contributed by atoms with Crippen molar-refractivity contribution in [3.8, 4) is 0 Å². The van der Waals surface area contributed by atoms with Crippen molar-refractivity contribution in [3.05, 3.63) is 11.6 Å². The molecule has 1 aliphatic heterocycles. The normalized spacial score (nSPS) is 19.7. The minimum atomic E-state index is 0.417. The summed E-state index contributed by atoms with van der Waals surface area (Å²) >= 11 is 0. The SMILES string of the molecule is CCCC(C)OCC1=CCNCC1. The molecule has 2 heteroatoms. The van der Waals surface area contributed by atoms with Gasteiger partial charge in [0.2, 0.25) is 0 Å². The van der Waals surface area contributed by atoms with Gasteiger partial charge in [-0.3, -0.25) is 0 Å². The first kappa shape index (κ1) is 10.7. The maximum absolute atomic E-state index is 5.73. The van der Waals surface area contributed by atoms with Gasteiger partial charge in [0.1, 0.15) is 0 Å². The minimum Gasteiger partial charge on any atom is -0.374 e. The lowest BCUT2D eigenvalue weighted by molar-refractivity contribution is 0.0748. The van der Waals surface area contributed by atoms with Crippen molar-refractivity contribution in [2.45, 2.75) is 39.2 Å². The molecule has 0 fully saturated rings. The van der Waals surface area contributed by atoms with Crippen LogP contribution in [0.3, 0.4) is 0 Å². The van der Waals surface area contributed by atoms with E-state index in [2.05, 4.69) is 25.2 Å². The maximum atomic E-state index is 5.73. The highest BCUT2D eigenvalue weighted by molar-refractivity contribution is 5.07. The second-order valence-electron chi connectivity index (χ2n) is 3.73. The van der Waals surface area contributed by atoms with E-state index in [0.29, 0.717) is 6.10 Å². The largest absolute Gasteiger partial charge is 0.374 e. The Labute approximate surface area is 81.4 Å². The lowest BCUT2D eigenvalue weighted by Gasteiger charge is -2.17. The molecule has 13 heavy (non-hydrogen) atoms. The van der Waals surface area contributed by atoms with Crippen LogP contribution in [0, 0.1) is 0 Å². The highest BCUT2D eigenvalue weighted by Crippen LogP contribution is 2.08. The van der Waals surface area contributed by atoms with E-state index in [0.717, 1.165) is 26.1 Å². The number of nitrogens with one attached hydrogen (secondary N) is 1. The van der Waals surface area contributed by atoms with Gasteiger partial charge in [0, 0.05) is 6.54 Å². The molecule has 0 spiro atoms. The van der Waals surface area contributed by atoms with E-state index in [4.69, 9.17) is 4.74 Å². The molecule has 1 N–H and O–H groups in total. The smallest absolute Gasteiger partial charge is 0.0681 e. The number of hydrogen-bond donors (Lipinski definition) is 1. The van der Waals surface area contributed by atoms with Crippen LogP contribution in [-0.2, 0) is 4.74 Å². The number of rotatable bonds is 5.